The van der Waals surface area contributed by atoms with Gasteiger partial charge in [0.05, 0.1) is 10.7 Å². The second kappa shape index (κ2) is 6.17. The summed E-state index contributed by atoms with van der Waals surface area (Å²) in [5.41, 5.74) is 1.52. The Balaban J connectivity index is 0.00000144. The van der Waals surface area contributed by atoms with E-state index in [-0.39, 0.29) is 17.8 Å². The Labute approximate surface area is 115 Å². The van der Waals surface area contributed by atoms with Crippen molar-refractivity contribution in [3.8, 4) is 0 Å². The Morgan fingerprint density at radius 2 is 2.06 bits per heavy atom. The van der Waals surface area contributed by atoms with Crippen molar-refractivity contribution in [3.63, 3.8) is 0 Å². The molecule has 0 saturated carbocycles. The molecule has 0 aromatic carbocycles. The van der Waals surface area contributed by atoms with E-state index >= 15 is 0 Å². The molecule has 2 nitrogen and oxygen atoms in total. The number of nitrogens with zero attached hydrogens (tertiary/aromatic N) is 1. The van der Waals surface area contributed by atoms with Crippen LogP contribution in [0.15, 0.2) is 5.38 Å². The van der Waals surface area contributed by atoms with E-state index < -0.39 is 0 Å². The van der Waals surface area contributed by atoms with Gasteiger partial charge in [-0.25, -0.2) is 4.98 Å². The molecule has 17 heavy (non-hydrogen) atoms. The fourth-order valence-electron chi connectivity index (χ4n) is 2.04. The number of nitrogens with one attached hydrogen (secondary N) is 1. The number of thiazole rings is 1. The van der Waals surface area contributed by atoms with Crippen molar-refractivity contribution in [1.29, 1.82) is 0 Å². The molecular weight excluding hydrogens is 252 g/mol. The highest BCUT2D eigenvalue weighted by molar-refractivity contribution is 7.09. The van der Waals surface area contributed by atoms with Gasteiger partial charge < -0.3 is 5.32 Å². The van der Waals surface area contributed by atoms with Crippen LogP contribution in [0.3, 0.4) is 0 Å². The zero-order valence-electron chi connectivity index (χ0n) is 11.0. The Morgan fingerprint density at radius 3 is 2.65 bits per heavy atom. The minimum absolute atomic E-state index is 0. The molecule has 0 amide bonds. The SMILES string of the molecule is CCC(C)(C)c1csc(C2CCNCC2)n1.Cl. The average Bonchev–Trinajstić information content (AvgIpc) is 2.80. The van der Waals surface area contributed by atoms with Crippen LogP contribution in [0.5, 0.6) is 0 Å². The van der Waals surface area contributed by atoms with Gasteiger partial charge in [-0.15, -0.1) is 23.7 Å². The molecule has 1 saturated heterocycles. The van der Waals surface area contributed by atoms with E-state index in [9.17, 15) is 0 Å². The molecule has 0 spiro atoms. The molecule has 2 heterocycles. The molecule has 0 bridgehead atoms. The molecule has 98 valence electrons. The van der Waals surface area contributed by atoms with Gasteiger partial charge in [0.25, 0.3) is 0 Å². The summed E-state index contributed by atoms with van der Waals surface area (Å²) in [5, 5.41) is 7.03. The van der Waals surface area contributed by atoms with Crippen molar-refractivity contribution in [1.82, 2.24) is 10.3 Å². The van der Waals surface area contributed by atoms with E-state index in [1.807, 2.05) is 11.3 Å². The minimum Gasteiger partial charge on any atom is -0.317 e. The normalized spacial score (nSPS) is 17.8. The summed E-state index contributed by atoms with van der Waals surface area (Å²) < 4.78 is 0. The minimum atomic E-state index is 0. The van der Waals surface area contributed by atoms with Gasteiger partial charge in [0.1, 0.15) is 0 Å². The van der Waals surface area contributed by atoms with E-state index in [1.54, 1.807) is 0 Å². The first kappa shape index (κ1) is 14.9. The third kappa shape index (κ3) is 3.43. The second-order valence-electron chi connectivity index (χ2n) is 5.33. The lowest BCUT2D eigenvalue weighted by atomic mass is 9.87. The van der Waals surface area contributed by atoms with Gasteiger partial charge in [-0.05, 0) is 32.4 Å². The number of hydrogen-bond donors (Lipinski definition) is 1. The predicted molar refractivity (Wildman–Crippen MR) is 77.5 cm³/mol. The van der Waals surface area contributed by atoms with E-state index in [1.165, 1.54) is 23.5 Å². The van der Waals surface area contributed by atoms with Gasteiger partial charge in [-0.1, -0.05) is 20.8 Å². The van der Waals surface area contributed by atoms with Crippen LogP contribution in [0.1, 0.15) is 56.7 Å². The summed E-state index contributed by atoms with van der Waals surface area (Å²) in [4.78, 5) is 4.87. The number of hydrogen-bond acceptors (Lipinski definition) is 3. The number of halogens is 1. The smallest absolute Gasteiger partial charge is 0.0960 e. The summed E-state index contributed by atoms with van der Waals surface area (Å²) in [6.07, 6.45) is 3.65. The van der Waals surface area contributed by atoms with Crippen LogP contribution >= 0.6 is 23.7 Å². The molecule has 0 radical (unpaired) electrons. The molecule has 1 N–H and O–H groups in total. The third-order valence-electron chi connectivity index (χ3n) is 3.79. The van der Waals surface area contributed by atoms with Gasteiger partial charge in [0, 0.05) is 16.7 Å². The zero-order chi connectivity index (χ0) is 11.6. The number of rotatable bonds is 3. The molecule has 0 aliphatic carbocycles. The molecule has 0 atom stereocenters. The Bertz CT molecular complexity index is 343. The van der Waals surface area contributed by atoms with Crippen molar-refractivity contribution in [3.05, 3.63) is 16.1 Å². The Morgan fingerprint density at radius 1 is 1.41 bits per heavy atom. The van der Waals surface area contributed by atoms with Gasteiger partial charge in [0.2, 0.25) is 0 Å². The largest absolute Gasteiger partial charge is 0.317 e. The Hall–Kier alpha value is -0.120. The van der Waals surface area contributed by atoms with Crippen LogP contribution in [0.25, 0.3) is 0 Å². The van der Waals surface area contributed by atoms with Crippen LogP contribution < -0.4 is 5.32 Å². The lowest BCUT2D eigenvalue weighted by molar-refractivity contribution is 0.452. The van der Waals surface area contributed by atoms with Gasteiger partial charge in [-0.3, -0.25) is 0 Å². The first-order valence-corrected chi connectivity index (χ1v) is 7.18. The first-order valence-electron chi connectivity index (χ1n) is 6.30. The van der Waals surface area contributed by atoms with E-state index in [0.29, 0.717) is 5.92 Å². The number of aromatic nitrogens is 1. The van der Waals surface area contributed by atoms with Crippen molar-refractivity contribution in [2.45, 2.75) is 51.4 Å². The highest BCUT2D eigenvalue weighted by atomic mass is 35.5. The van der Waals surface area contributed by atoms with Gasteiger partial charge >= 0.3 is 0 Å². The van der Waals surface area contributed by atoms with Gasteiger partial charge in [-0.2, -0.15) is 0 Å². The van der Waals surface area contributed by atoms with Crippen LogP contribution in [-0.4, -0.2) is 18.1 Å². The van der Waals surface area contributed by atoms with E-state index in [2.05, 4.69) is 31.5 Å². The van der Waals surface area contributed by atoms with Crippen LogP contribution in [0.4, 0.5) is 0 Å². The van der Waals surface area contributed by atoms with Crippen molar-refractivity contribution in [2.24, 2.45) is 0 Å². The predicted octanol–water partition coefficient (Wildman–Crippen LogP) is 3.72. The van der Waals surface area contributed by atoms with Crippen molar-refractivity contribution in [2.75, 3.05) is 13.1 Å². The summed E-state index contributed by atoms with van der Waals surface area (Å²) in [7, 11) is 0. The van der Waals surface area contributed by atoms with Crippen LogP contribution in [-0.2, 0) is 5.41 Å². The highest BCUT2D eigenvalue weighted by Gasteiger charge is 2.24. The van der Waals surface area contributed by atoms with Gasteiger partial charge in [0.15, 0.2) is 0 Å². The quantitative estimate of drug-likeness (QED) is 0.909. The van der Waals surface area contributed by atoms with E-state index in [0.717, 1.165) is 19.5 Å². The molecule has 2 rings (SSSR count). The standard InChI is InChI=1S/C13H22N2S.ClH/c1-4-13(2,3)11-9-16-12(15-11)10-5-7-14-8-6-10;/h9-10,14H,4-8H2,1-3H3;1H. The second-order valence-corrected chi connectivity index (χ2v) is 6.22. The molecule has 1 aliphatic rings. The Kier molecular flexibility index (Phi) is 5.42. The van der Waals surface area contributed by atoms with Crippen molar-refractivity contribution < 1.29 is 0 Å². The first-order chi connectivity index (χ1) is 7.63. The molecule has 1 aromatic heterocycles. The average molecular weight is 275 g/mol. The lowest BCUT2D eigenvalue weighted by Crippen LogP contribution is -2.26. The fourth-order valence-corrected chi connectivity index (χ4v) is 3.22. The summed E-state index contributed by atoms with van der Waals surface area (Å²) in [6, 6.07) is 0. The van der Waals surface area contributed by atoms with Crippen LogP contribution in [0, 0.1) is 0 Å². The highest BCUT2D eigenvalue weighted by Crippen LogP contribution is 2.33. The maximum Gasteiger partial charge on any atom is 0.0960 e. The summed E-state index contributed by atoms with van der Waals surface area (Å²) in [6.45, 7) is 9.11. The molecular formula is C13H23ClN2S. The lowest BCUT2D eigenvalue weighted by Gasteiger charge is -2.22. The third-order valence-corrected chi connectivity index (χ3v) is 4.79. The molecule has 1 fully saturated rings. The topological polar surface area (TPSA) is 24.9 Å². The molecule has 1 aromatic rings. The zero-order valence-corrected chi connectivity index (χ0v) is 12.6. The molecule has 0 unspecified atom stereocenters. The summed E-state index contributed by atoms with van der Waals surface area (Å²) >= 11 is 1.86. The number of piperidine rings is 1. The fraction of sp³-hybridized carbons (Fsp3) is 0.769. The maximum absolute atomic E-state index is 4.87. The van der Waals surface area contributed by atoms with Crippen molar-refractivity contribution >= 4 is 23.7 Å². The van der Waals surface area contributed by atoms with E-state index in [4.69, 9.17) is 4.98 Å². The maximum atomic E-state index is 4.87. The monoisotopic (exact) mass is 274 g/mol. The van der Waals surface area contributed by atoms with Crippen LogP contribution in [0.2, 0.25) is 0 Å². The molecule has 1 aliphatic heterocycles. The molecule has 4 heteroatoms. The summed E-state index contributed by atoms with van der Waals surface area (Å²) in [5.74, 6) is 0.702.